The lowest BCUT2D eigenvalue weighted by Gasteiger charge is -2.16. The first kappa shape index (κ1) is 24.8. The zero-order valence-electron chi connectivity index (χ0n) is 18.6. The molecule has 1 unspecified atom stereocenters. The molecule has 3 aromatic rings. The Balaban J connectivity index is 0.00000341. The van der Waals surface area contributed by atoms with Crippen molar-refractivity contribution >= 4 is 35.6 Å². The first-order chi connectivity index (χ1) is 14.5. The van der Waals surface area contributed by atoms with Crippen LogP contribution in [0.5, 0.6) is 5.88 Å². The van der Waals surface area contributed by atoms with E-state index >= 15 is 0 Å². The number of nitrogens with zero attached hydrogens (tertiary/aromatic N) is 5. The highest BCUT2D eigenvalue weighted by Gasteiger charge is 2.09. The molecule has 0 aliphatic rings. The molecule has 31 heavy (non-hydrogen) atoms. The summed E-state index contributed by atoms with van der Waals surface area (Å²) in [5, 5.41) is 15.0. The van der Waals surface area contributed by atoms with Gasteiger partial charge in [0.15, 0.2) is 17.4 Å². The highest BCUT2D eigenvalue weighted by Crippen LogP contribution is 2.15. The molecule has 0 aliphatic carbocycles. The number of hydrogen-bond acceptors (Lipinski definition) is 5. The van der Waals surface area contributed by atoms with Gasteiger partial charge >= 0.3 is 0 Å². The molecule has 0 amide bonds. The molecule has 0 saturated carbocycles. The van der Waals surface area contributed by atoms with E-state index in [0.29, 0.717) is 24.9 Å². The minimum Gasteiger partial charge on any atom is -0.475 e. The molecule has 3 rings (SSSR count). The fraction of sp³-hybridized carbons (Fsp3) is 0.455. The number of nitrogens with one attached hydrogen (secondary N) is 2. The molecule has 0 saturated heterocycles. The standard InChI is InChI=1S/C22H31N7O.HI/c1-5-23-22(26-15-20-28-27-19-8-6-7-11-29(19)20)25-14-18-9-10-24-21(13-18)30-17(4)12-16(2)3;/h6-11,13,16-17H,5,12,14-15H2,1-4H3,(H2,23,25,26);1H. The van der Waals surface area contributed by atoms with Gasteiger partial charge < -0.3 is 15.4 Å². The Hall–Kier alpha value is -2.43. The van der Waals surface area contributed by atoms with Crippen LogP contribution >= 0.6 is 24.0 Å². The number of ether oxygens (including phenoxy) is 1. The van der Waals surface area contributed by atoms with Crippen LogP contribution in [0.15, 0.2) is 47.7 Å². The molecule has 0 radical (unpaired) electrons. The van der Waals surface area contributed by atoms with Crippen LogP contribution in [0.1, 0.15) is 45.5 Å². The molecule has 8 nitrogen and oxygen atoms in total. The monoisotopic (exact) mass is 537 g/mol. The SMILES string of the molecule is CCNC(=NCc1ccnc(OC(C)CC(C)C)c1)NCc1nnc2ccccn12.I. The molecule has 0 bridgehead atoms. The molecule has 2 N–H and O–H groups in total. The fourth-order valence-corrected chi connectivity index (χ4v) is 3.22. The van der Waals surface area contributed by atoms with E-state index in [1.165, 1.54) is 0 Å². The highest BCUT2D eigenvalue weighted by molar-refractivity contribution is 14.0. The molecule has 168 valence electrons. The first-order valence-electron chi connectivity index (χ1n) is 10.5. The lowest BCUT2D eigenvalue weighted by atomic mass is 10.1. The second kappa shape index (κ2) is 12.4. The van der Waals surface area contributed by atoms with E-state index in [9.17, 15) is 0 Å². The summed E-state index contributed by atoms with van der Waals surface area (Å²) in [6.45, 7) is 10.3. The Morgan fingerprint density at radius 3 is 2.77 bits per heavy atom. The Bertz CT molecular complexity index is 973. The summed E-state index contributed by atoms with van der Waals surface area (Å²) in [7, 11) is 0. The fourth-order valence-electron chi connectivity index (χ4n) is 3.22. The lowest BCUT2D eigenvalue weighted by Crippen LogP contribution is -2.37. The number of fused-ring (bicyclic) bond motifs is 1. The smallest absolute Gasteiger partial charge is 0.213 e. The van der Waals surface area contributed by atoms with Crippen LogP contribution in [0.25, 0.3) is 5.65 Å². The maximum absolute atomic E-state index is 5.95. The summed E-state index contributed by atoms with van der Waals surface area (Å²) >= 11 is 0. The largest absolute Gasteiger partial charge is 0.475 e. The summed E-state index contributed by atoms with van der Waals surface area (Å²) in [5.74, 6) is 2.78. The zero-order valence-corrected chi connectivity index (χ0v) is 20.9. The second-order valence-electron chi connectivity index (χ2n) is 7.65. The third kappa shape index (κ3) is 7.64. The van der Waals surface area contributed by atoms with Crippen molar-refractivity contribution in [3.05, 3.63) is 54.1 Å². The second-order valence-corrected chi connectivity index (χ2v) is 7.65. The van der Waals surface area contributed by atoms with Gasteiger partial charge in [-0.25, -0.2) is 9.98 Å². The van der Waals surface area contributed by atoms with E-state index in [-0.39, 0.29) is 30.1 Å². The van der Waals surface area contributed by atoms with Gasteiger partial charge in [0.1, 0.15) is 0 Å². The van der Waals surface area contributed by atoms with Crippen molar-refractivity contribution in [3.8, 4) is 5.88 Å². The maximum Gasteiger partial charge on any atom is 0.213 e. The average molecular weight is 537 g/mol. The van der Waals surface area contributed by atoms with Gasteiger partial charge in [0.25, 0.3) is 0 Å². The van der Waals surface area contributed by atoms with E-state index in [4.69, 9.17) is 4.74 Å². The Morgan fingerprint density at radius 2 is 2.00 bits per heavy atom. The predicted molar refractivity (Wildman–Crippen MR) is 134 cm³/mol. The predicted octanol–water partition coefficient (Wildman–Crippen LogP) is 3.81. The van der Waals surface area contributed by atoms with Gasteiger partial charge in [-0.1, -0.05) is 19.9 Å². The van der Waals surface area contributed by atoms with Crippen LogP contribution < -0.4 is 15.4 Å². The summed E-state index contributed by atoms with van der Waals surface area (Å²) in [6, 6.07) is 9.75. The number of rotatable bonds is 9. The molecule has 0 aliphatic heterocycles. The van der Waals surface area contributed by atoms with Crippen LogP contribution in [0, 0.1) is 5.92 Å². The molecule has 3 aromatic heterocycles. The van der Waals surface area contributed by atoms with Crippen molar-refractivity contribution in [2.75, 3.05) is 6.54 Å². The molecule has 0 fully saturated rings. The van der Waals surface area contributed by atoms with E-state index in [2.05, 4.69) is 51.6 Å². The molecule has 1 atom stereocenters. The van der Waals surface area contributed by atoms with Crippen LogP contribution in [-0.4, -0.2) is 38.2 Å². The summed E-state index contributed by atoms with van der Waals surface area (Å²) in [5.41, 5.74) is 1.87. The lowest BCUT2D eigenvalue weighted by molar-refractivity contribution is 0.185. The summed E-state index contributed by atoms with van der Waals surface area (Å²) < 4.78 is 7.91. The zero-order chi connectivity index (χ0) is 21.3. The highest BCUT2D eigenvalue weighted by atomic mass is 127. The van der Waals surface area contributed by atoms with Gasteiger partial charge in [-0.05, 0) is 49.9 Å². The van der Waals surface area contributed by atoms with Gasteiger partial charge in [0.05, 0.1) is 19.2 Å². The van der Waals surface area contributed by atoms with Gasteiger partial charge in [0.2, 0.25) is 5.88 Å². The normalized spacial score (nSPS) is 12.5. The van der Waals surface area contributed by atoms with Crippen molar-refractivity contribution in [2.45, 2.75) is 53.3 Å². The summed E-state index contributed by atoms with van der Waals surface area (Å²) in [4.78, 5) is 9.01. The van der Waals surface area contributed by atoms with E-state index in [1.54, 1.807) is 6.20 Å². The van der Waals surface area contributed by atoms with Gasteiger partial charge in [0, 0.05) is 25.0 Å². The first-order valence-corrected chi connectivity index (χ1v) is 10.5. The average Bonchev–Trinajstić information content (AvgIpc) is 3.13. The van der Waals surface area contributed by atoms with Crippen molar-refractivity contribution < 1.29 is 4.74 Å². The number of guanidine groups is 1. The Morgan fingerprint density at radius 1 is 1.16 bits per heavy atom. The van der Waals surface area contributed by atoms with E-state index in [0.717, 1.165) is 36.0 Å². The van der Waals surface area contributed by atoms with Crippen molar-refractivity contribution in [2.24, 2.45) is 10.9 Å². The molecule has 0 spiro atoms. The number of halogens is 1. The Labute approximate surface area is 201 Å². The van der Waals surface area contributed by atoms with E-state index < -0.39 is 0 Å². The molecule has 3 heterocycles. The molecular formula is C22H32IN7O. The van der Waals surface area contributed by atoms with Crippen LogP contribution in [0.2, 0.25) is 0 Å². The summed E-state index contributed by atoms with van der Waals surface area (Å²) in [6.07, 6.45) is 4.85. The third-order valence-electron chi connectivity index (χ3n) is 4.49. The van der Waals surface area contributed by atoms with Crippen molar-refractivity contribution in [1.82, 2.24) is 30.2 Å². The molecule has 9 heteroatoms. The van der Waals surface area contributed by atoms with Crippen molar-refractivity contribution in [1.29, 1.82) is 0 Å². The van der Waals surface area contributed by atoms with Crippen LogP contribution in [0.3, 0.4) is 0 Å². The van der Waals surface area contributed by atoms with E-state index in [1.807, 2.05) is 47.9 Å². The number of pyridine rings is 2. The maximum atomic E-state index is 5.95. The van der Waals surface area contributed by atoms with Crippen molar-refractivity contribution in [3.63, 3.8) is 0 Å². The minimum absolute atomic E-state index is 0. The Kier molecular flexibility index (Phi) is 9.96. The van der Waals surface area contributed by atoms with Crippen LogP contribution in [-0.2, 0) is 13.1 Å². The van der Waals surface area contributed by atoms with Crippen LogP contribution in [0.4, 0.5) is 0 Å². The number of hydrogen-bond donors (Lipinski definition) is 2. The quantitative estimate of drug-likeness (QED) is 0.245. The number of aliphatic imine (C=N–C) groups is 1. The topological polar surface area (TPSA) is 88.7 Å². The third-order valence-corrected chi connectivity index (χ3v) is 4.49. The van der Waals surface area contributed by atoms with Gasteiger partial charge in [-0.2, -0.15) is 0 Å². The number of aromatic nitrogens is 4. The molecular weight excluding hydrogens is 505 g/mol. The van der Waals surface area contributed by atoms with Gasteiger partial charge in [-0.3, -0.25) is 4.40 Å². The minimum atomic E-state index is 0. The van der Waals surface area contributed by atoms with Gasteiger partial charge in [-0.15, -0.1) is 34.2 Å². The molecule has 0 aromatic carbocycles.